The van der Waals surface area contributed by atoms with E-state index in [1.165, 1.54) is 83.0 Å². The number of nitrogens with two attached hydrogens (primary N) is 7. The minimum atomic E-state index is -1.37. The predicted octanol–water partition coefficient (Wildman–Crippen LogP) is 1.46. The van der Waals surface area contributed by atoms with Crippen molar-refractivity contribution in [3.63, 3.8) is 0 Å². The largest absolute Gasteiger partial charge is 0.496 e. The minimum Gasteiger partial charge on any atom is -0.496 e. The number of rotatable bonds is 39. The molecule has 87 heavy (non-hydrogen) atoms. The number of carboxylic acid groups (broad SMARTS) is 1. The van der Waals surface area contributed by atoms with Gasteiger partial charge in [0.1, 0.15) is 23.0 Å². The molecular weight excluding hydrogens is 1130 g/mol. The molecule has 0 aromatic heterocycles. The molecule has 0 bridgehead atoms. The molecule has 0 saturated heterocycles. The topological polar surface area (TPSA) is 478 Å². The lowest BCUT2D eigenvalue weighted by atomic mass is 9.96. The van der Waals surface area contributed by atoms with Gasteiger partial charge in [0.2, 0.25) is 0 Å². The van der Waals surface area contributed by atoms with Crippen molar-refractivity contribution in [1.82, 2.24) is 16.0 Å². The van der Waals surface area contributed by atoms with Crippen LogP contribution in [0.1, 0.15) is 128 Å². The van der Waals surface area contributed by atoms with Crippen molar-refractivity contribution >= 4 is 70.5 Å². The number of unbranched alkanes of at least 4 members (excludes halogenated alkanes) is 1. The Morgan fingerprint density at radius 2 is 0.793 bits per heavy atom. The highest BCUT2D eigenvalue weighted by atomic mass is 16.5. The lowest BCUT2D eigenvalue weighted by molar-refractivity contribution is -0.137. The summed E-state index contributed by atoms with van der Waals surface area (Å²) in [6.07, 6.45) is 0.357. The second-order valence-corrected chi connectivity index (χ2v) is 20.4. The third-order valence-corrected chi connectivity index (χ3v) is 13.8. The number of ketones is 4. The number of nitrogens with one attached hydrogen (secondary N) is 4. The molecule has 4 aromatic rings. The highest BCUT2D eigenvalue weighted by Gasteiger charge is 2.29. The molecular formula is C60H79N13O14. The van der Waals surface area contributed by atoms with Crippen molar-refractivity contribution < 1.29 is 67.2 Å². The third-order valence-electron chi connectivity index (χ3n) is 13.8. The molecule has 0 aliphatic carbocycles. The molecule has 27 nitrogen and oxygen atoms in total. The second-order valence-electron chi connectivity index (χ2n) is 20.4. The molecule has 0 spiro atoms. The third kappa shape index (κ3) is 22.5. The lowest BCUT2D eigenvalue weighted by Gasteiger charge is -2.21. The molecule has 0 aliphatic rings. The standard InChI is InChI=1S/C60H79N13O14/c1-84-49-18-13-33(25-37(49)55(64)80)30-46(75)42(10-5-6-12-53(62)63)71-56(81)39-27-35(15-20-51(39)86-3)31-47(76)43(11-8-24-70-60(67)68)72-57(82)40-28-36(16-21-52(40)87-4)32-48(77)44(17-22-54(78)79)73-58(83)38-26-34(14-19-50(38)85-2)29-45(74)41(61)9-7-23-69-59(65)66/h13-16,18-21,25-28,41-44H,5-12,17,22-24,29-32,61H2,1-4H3,(H3,62,63)(H2,64,80)(H,71,81)(H,72,82)(H,73,83)(H,78,79)(H4,65,66,69)(H4,67,68,70)/t41-,42-,43-,44-/m0/s1. The van der Waals surface area contributed by atoms with Crippen LogP contribution in [0.25, 0.3) is 0 Å². The fourth-order valence-corrected chi connectivity index (χ4v) is 9.26. The smallest absolute Gasteiger partial charge is 0.303 e. The number of amides is 4. The predicted molar refractivity (Wildman–Crippen MR) is 324 cm³/mol. The van der Waals surface area contributed by atoms with Gasteiger partial charge in [0, 0.05) is 51.6 Å². The van der Waals surface area contributed by atoms with E-state index in [9.17, 15) is 48.3 Å². The van der Waals surface area contributed by atoms with E-state index in [2.05, 4.69) is 25.9 Å². The van der Waals surface area contributed by atoms with Crippen LogP contribution in [0.2, 0.25) is 0 Å². The SMILES string of the molecule is COc1ccc(CC(=O)[C@H](CCCCC(=N)N)NC(=O)c2cc(CC(=O)[C@H](CCCN=C(N)N)NC(=O)c3cc(CC(=O)[C@H](CCC(=O)O)NC(=O)c4cc(CC(=O)[C@@H](N)CCCN=C(N)N)ccc4OC)ccc3OC)ccc2OC)cc1C(N)=O. The molecule has 4 amide bonds. The Labute approximate surface area is 503 Å². The quantitative estimate of drug-likeness (QED) is 0.0171. The number of carboxylic acids is 1. The Bertz CT molecular complexity index is 3210. The lowest BCUT2D eigenvalue weighted by Crippen LogP contribution is -2.42. The van der Waals surface area contributed by atoms with Crippen LogP contribution in [0.3, 0.4) is 0 Å². The van der Waals surface area contributed by atoms with Crippen molar-refractivity contribution in [3.05, 3.63) is 117 Å². The van der Waals surface area contributed by atoms with Gasteiger partial charge >= 0.3 is 5.97 Å². The first-order chi connectivity index (χ1) is 41.4. The number of hydrogen-bond acceptors (Lipinski definition) is 17. The summed E-state index contributed by atoms with van der Waals surface area (Å²) < 4.78 is 21.7. The number of nitrogens with zero attached hydrogens (tertiary/aromatic N) is 2. The Balaban J connectivity index is 1.58. The number of aliphatic imine (C=N–C) groups is 2. The number of carbonyl (C=O) groups is 9. The number of benzene rings is 4. The van der Waals surface area contributed by atoms with E-state index in [-0.39, 0.29) is 139 Å². The Morgan fingerprint density at radius 1 is 0.460 bits per heavy atom. The van der Waals surface area contributed by atoms with E-state index in [1.54, 1.807) is 18.2 Å². The first-order valence-electron chi connectivity index (χ1n) is 27.8. The average Bonchev–Trinajstić information content (AvgIpc) is 2.63. The summed E-state index contributed by atoms with van der Waals surface area (Å²) in [5.74, 6) is -6.00. The van der Waals surface area contributed by atoms with Gasteiger partial charge in [-0.25, -0.2) is 0 Å². The normalized spacial score (nSPS) is 12.1. The van der Waals surface area contributed by atoms with Gasteiger partial charge in [0.15, 0.2) is 35.1 Å². The molecule has 0 unspecified atom stereocenters. The zero-order chi connectivity index (χ0) is 64.3. The fraction of sp³-hybridized carbons (Fsp3) is 0.400. The number of primary amides is 1. The number of amidine groups is 1. The first kappa shape index (κ1) is 69.6. The number of Topliss-reactive ketones (excluding diaryl/α,β-unsaturated/α-hetero) is 4. The highest BCUT2D eigenvalue weighted by Crippen LogP contribution is 2.26. The van der Waals surface area contributed by atoms with Gasteiger partial charge in [-0.1, -0.05) is 30.7 Å². The summed E-state index contributed by atoms with van der Waals surface area (Å²) in [4.78, 5) is 130. The van der Waals surface area contributed by atoms with Crippen molar-refractivity contribution in [2.45, 2.75) is 114 Å². The van der Waals surface area contributed by atoms with Crippen LogP contribution < -0.4 is 75.0 Å². The molecule has 0 heterocycles. The van der Waals surface area contributed by atoms with Gasteiger partial charge in [-0.05, 0) is 116 Å². The Kier molecular flexibility index (Phi) is 27.8. The van der Waals surface area contributed by atoms with Gasteiger partial charge in [-0.3, -0.25) is 58.5 Å². The van der Waals surface area contributed by atoms with Crippen LogP contribution in [0.5, 0.6) is 23.0 Å². The number of hydrogen-bond donors (Lipinski definition) is 12. The Hall–Kier alpha value is -9.92. The minimum absolute atomic E-state index is 0.0216. The molecule has 4 rings (SSSR count). The van der Waals surface area contributed by atoms with Gasteiger partial charge in [0.05, 0.1) is 80.7 Å². The fourth-order valence-electron chi connectivity index (χ4n) is 9.26. The van der Waals surface area contributed by atoms with Crippen molar-refractivity contribution in [2.75, 3.05) is 41.5 Å². The van der Waals surface area contributed by atoms with Crippen molar-refractivity contribution in [2.24, 2.45) is 50.1 Å². The summed E-state index contributed by atoms with van der Waals surface area (Å²) in [7, 11) is 5.34. The van der Waals surface area contributed by atoms with E-state index >= 15 is 0 Å². The number of guanidine groups is 2. The number of carbonyl (C=O) groups excluding carboxylic acids is 8. The van der Waals surface area contributed by atoms with E-state index < -0.39 is 84.0 Å². The van der Waals surface area contributed by atoms with Crippen LogP contribution >= 0.6 is 0 Å². The second kappa shape index (κ2) is 34.8. The molecule has 0 saturated carbocycles. The molecule has 0 aliphatic heterocycles. The molecule has 468 valence electrons. The van der Waals surface area contributed by atoms with Crippen molar-refractivity contribution in [1.29, 1.82) is 5.41 Å². The van der Waals surface area contributed by atoms with Crippen LogP contribution in [0.4, 0.5) is 0 Å². The maximum absolute atomic E-state index is 14.4. The first-order valence-corrected chi connectivity index (χ1v) is 27.8. The molecule has 27 heteroatoms. The van der Waals surface area contributed by atoms with Crippen molar-refractivity contribution in [3.8, 4) is 23.0 Å². The molecule has 0 radical (unpaired) electrons. The summed E-state index contributed by atoms with van der Waals surface area (Å²) in [5, 5.41) is 25.5. The molecule has 19 N–H and O–H groups in total. The summed E-state index contributed by atoms with van der Waals surface area (Å²) in [6, 6.07) is 13.3. The Morgan fingerprint density at radius 3 is 1.14 bits per heavy atom. The van der Waals surface area contributed by atoms with Crippen LogP contribution in [0.15, 0.2) is 82.8 Å². The maximum Gasteiger partial charge on any atom is 0.303 e. The number of methoxy groups -OCH3 is 4. The van der Waals surface area contributed by atoms with Gasteiger partial charge < -0.3 is 80.1 Å². The van der Waals surface area contributed by atoms with Gasteiger partial charge in [0.25, 0.3) is 23.6 Å². The number of ether oxygens (including phenoxy) is 4. The highest BCUT2D eigenvalue weighted by molar-refractivity contribution is 6.04. The van der Waals surface area contributed by atoms with Crippen LogP contribution in [-0.4, -0.2) is 141 Å². The maximum atomic E-state index is 14.4. The average molecular weight is 1210 g/mol. The van der Waals surface area contributed by atoms with E-state index in [4.69, 9.17) is 64.5 Å². The molecule has 0 fully saturated rings. The van der Waals surface area contributed by atoms with E-state index in [1.807, 2.05) is 0 Å². The van der Waals surface area contributed by atoms with Gasteiger partial charge in [-0.2, -0.15) is 0 Å². The summed E-state index contributed by atoms with van der Waals surface area (Å²) >= 11 is 0. The van der Waals surface area contributed by atoms with Crippen LogP contribution in [0, 0.1) is 5.41 Å². The summed E-state index contributed by atoms with van der Waals surface area (Å²) in [5.41, 5.74) is 40.5. The van der Waals surface area contributed by atoms with E-state index in [0.717, 1.165) is 0 Å². The van der Waals surface area contributed by atoms with Crippen LogP contribution in [-0.2, 0) is 49.7 Å². The zero-order valence-corrected chi connectivity index (χ0v) is 49.2. The van der Waals surface area contributed by atoms with E-state index in [0.29, 0.717) is 42.4 Å². The monoisotopic (exact) mass is 1210 g/mol. The molecule has 4 aromatic carbocycles. The summed E-state index contributed by atoms with van der Waals surface area (Å²) in [6.45, 7) is 0.369. The van der Waals surface area contributed by atoms with Gasteiger partial charge in [-0.15, -0.1) is 0 Å². The zero-order valence-electron chi connectivity index (χ0n) is 49.2. The number of aliphatic carboxylic acids is 1. The molecule has 4 atom stereocenters.